The van der Waals surface area contributed by atoms with Crippen LogP contribution in [0.4, 0.5) is 0 Å². The molecule has 0 radical (unpaired) electrons. The Hall–Kier alpha value is -3.89. The largest absolute Gasteiger partial charge is 0.344 e. The highest BCUT2D eigenvalue weighted by atomic mass is 16.2. The zero-order valence-corrected chi connectivity index (χ0v) is 22.6. The second-order valence-corrected chi connectivity index (χ2v) is 11.2. The van der Waals surface area contributed by atoms with Crippen LogP contribution in [-0.2, 0) is 13.5 Å². The average Bonchev–Trinajstić information content (AvgIpc) is 3.60. The number of nitrogens with zero attached hydrogens (tertiary/aromatic N) is 3. The maximum Gasteiger partial charge on any atom is 0.254 e. The molecule has 3 heterocycles. The molecule has 1 fully saturated rings. The highest BCUT2D eigenvalue weighted by Gasteiger charge is 2.41. The van der Waals surface area contributed by atoms with Gasteiger partial charge >= 0.3 is 0 Å². The number of amides is 1. The first-order valence-corrected chi connectivity index (χ1v) is 14.3. The first-order chi connectivity index (χ1) is 19.2. The van der Waals surface area contributed by atoms with Gasteiger partial charge in [-0.15, -0.1) is 0 Å². The highest BCUT2D eigenvalue weighted by molar-refractivity contribution is 6.08. The topological polar surface area (TPSA) is 28.5 Å². The van der Waals surface area contributed by atoms with Crippen molar-refractivity contribution < 1.29 is 4.79 Å². The van der Waals surface area contributed by atoms with Crippen molar-refractivity contribution in [3.8, 4) is 0 Å². The molecule has 196 valence electrons. The van der Waals surface area contributed by atoms with E-state index in [-0.39, 0.29) is 17.9 Å². The molecule has 0 saturated carbocycles. The minimum Gasteiger partial charge on any atom is -0.344 e. The summed E-state index contributed by atoms with van der Waals surface area (Å²) in [5, 5.41) is 2.53. The molecule has 4 heteroatoms. The van der Waals surface area contributed by atoms with E-state index in [4.69, 9.17) is 0 Å². The van der Waals surface area contributed by atoms with Gasteiger partial charge < -0.3 is 14.4 Å². The van der Waals surface area contributed by atoms with Crippen molar-refractivity contribution in [2.45, 2.75) is 31.2 Å². The Morgan fingerprint density at radius 2 is 1.49 bits per heavy atom. The molecule has 2 aliphatic rings. The summed E-state index contributed by atoms with van der Waals surface area (Å²) in [6.45, 7) is 3.97. The van der Waals surface area contributed by atoms with Crippen LogP contribution in [0.15, 0.2) is 97.1 Å². The fraction of sp³-hybridized carbons (Fsp3) is 0.286. The van der Waals surface area contributed by atoms with Crippen LogP contribution < -0.4 is 0 Å². The average molecular weight is 514 g/mol. The van der Waals surface area contributed by atoms with Gasteiger partial charge in [0.05, 0.1) is 6.04 Å². The van der Waals surface area contributed by atoms with E-state index in [0.717, 1.165) is 31.6 Å². The summed E-state index contributed by atoms with van der Waals surface area (Å²) >= 11 is 0. The molecule has 0 aliphatic carbocycles. The summed E-state index contributed by atoms with van der Waals surface area (Å²) in [4.78, 5) is 19.0. The molecule has 39 heavy (non-hydrogen) atoms. The standard InChI is InChI=1S/C35H35N3O/c1-36-32-16-8-7-14-28(32)30-23-26(17-18-33(30)36)34-31(24-37-20-9-10-21-37)27-13-5-6-15-29(27)35(39)38(34)22-19-25-11-3-2-4-12-25/h2-8,11-18,23,31,34H,9-10,19-22,24H2,1H3/t31-,34+/m0/s1. The fourth-order valence-electron chi connectivity index (χ4n) is 7.04. The first-order valence-electron chi connectivity index (χ1n) is 14.3. The zero-order chi connectivity index (χ0) is 26.3. The molecule has 0 N–H and O–H groups in total. The van der Waals surface area contributed by atoms with Gasteiger partial charge in [0.15, 0.2) is 0 Å². The Bertz CT molecular complexity index is 1650. The summed E-state index contributed by atoms with van der Waals surface area (Å²) in [7, 11) is 2.15. The monoisotopic (exact) mass is 513 g/mol. The van der Waals surface area contributed by atoms with E-state index in [1.807, 2.05) is 12.1 Å². The lowest BCUT2D eigenvalue weighted by molar-refractivity contribution is 0.0588. The predicted molar refractivity (Wildman–Crippen MR) is 159 cm³/mol. The molecule has 4 aromatic carbocycles. The second-order valence-electron chi connectivity index (χ2n) is 11.2. The molecule has 0 spiro atoms. The van der Waals surface area contributed by atoms with Crippen molar-refractivity contribution in [3.05, 3.63) is 119 Å². The Morgan fingerprint density at radius 1 is 0.769 bits per heavy atom. The number of fused-ring (bicyclic) bond motifs is 4. The van der Waals surface area contributed by atoms with Crippen molar-refractivity contribution >= 4 is 27.7 Å². The van der Waals surface area contributed by atoms with E-state index < -0.39 is 0 Å². The maximum absolute atomic E-state index is 14.2. The number of aromatic nitrogens is 1. The van der Waals surface area contributed by atoms with Crippen LogP contribution in [0.5, 0.6) is 0 Å². The fourth-order valence-corrected chi connectivity index (χ4v) is 7.04. The summed E-state index contributed by atoms with van der Waals surface area (Å²) < 4.78 is 2.28. The van der Waals surface area contributed by atoms with E-state index >= 15 is 0 Å². The summed E-state index contributed by atoms with van der Waals surface area (Å²) in [6.07, 6.45) is 3.37. The van der Waals surface area contributed by atoms with Gasteiger partial charge in [0.1, 0.15) is 0 Å². The molecule has 2 atom stereocenters. The molecule has 0 bridgehead atoms. The second kappa shape index (κ2) is 10.0. The van der Waals surface area contributed by atoms with Gasteiger partial charge in [-0.05, 0) is 73.3 Å². The van der Waals surface area contributed by atoms with Gasteiger partial charge in [-0.25, -0.2) is 0 Å². The first kappa shape index (κ1) is 24.2. The lowest BCUT2D eigenvalue weighted by atomic mass is 9.79. The minimum absolute atomic E-state index is 0.0138. The third kappa shape index (κ3) is 4.24. The molecule has 7 rings (SSSR count). The third-order valence-corrected chi connectivity index (χ3v) is 8.99. The molecule has 1 amide bonds. The number of hydrogen-bond donors (Lipinski definition) is 0. The van der Waals surface area contributed by atoms with Crippen LogP contribution in [-0.4, -0.2) is 46.5 Å². The Morgan fingerprint density at radius 3 is 2.33 bits per heavy atom. The third-order valence-electron chi connectivity index (χ3n) is 8.99. The lowest BCUT2D eigenvalue weighted by Gasteiger charge is -2.44. The predicted octanol–water partition coefficient (Wildman–Crippen LogP) is 6.95. The van der Waals surface area contributed by atoms with Gasteiger partial charge in [-0.2, -0.15) is 0 Å². The normalized spacial score (nSPS) is 19.7. The van der Waals surface area contributed by atoms with E-state index in [0.29, 0.717) is 6.54 Å². The number of hydrogen-bond acceptors (Lipinski definition) is 2. The van der Waals surface area contributed by atoms with E-state index in [9.17, 15) is 4.79 Å². The number of rotatable bonds is 6. The van der Waals surface area contributed by atoms with Gasteiger partial charge in [0.2, 0.25) is 0 Å². The van der Waals surface area contributed by atoms with Gasteiger partial charge in [0.25, 0.3) is 5.91 Å². The van der Waals surface area contributed by atoms with Crippen molar-refractivity contribution in [2.24, 2.45) is 7.05 Å². The number of likely N-dealkylation sites (tertiary alicyclic amines) is 1. The highest BCUT2D eigenvalue weighted by Crippen LogP contribution is 2.44. The lowest BCUT2D eigenvalue weighted by Crippen LogP contribution is -2.46. The van der Waals surface area contributed by atoms with Crippen molar-refractivity contribution in [1.29, 1.82) is 0 Å². The minimum atomic E-state index is -0.0138. The van der Waals surface area contributed by atoms with Gasteiger partial charge in [-0.3, -0.25) is 4.79 Å². The van der Waals surface area contributed by atoms with Crippen LogP contribution in [0.2, 0.25) is 0 Å². The summed E-state index contributed by atoms with van der Waals surface area (Å²) in [6, 6.07) is 34.5. The summed E-state index contributed by atoms with van der Waals surface area (Å²) in [5.41, 5.74) is 7.05. The zero-order valence-electron chi connectivity index (χ0n) is 22.6. The van der Waals surface area contributed by atoms with Crippen molar-refractivity contribution in [2.75, 3.05) is 26.2 Å². The SMILES string of the molecule is Cn1c2ccccc2c2cc([C@@H]3[C@@H](CN4CCCC4)c4ccccc4C(=O)N3CCc3ccccc3)ccc21. The molecule has 0 unspecified atom stereocenters. The number of aryl methyl sites for hydroxylation is 1. The van der Waals surface area contributed by atoms with E-state index in [1.54, 1.807) is 0 Å². The number of carbonyl (C=O) groups is 1. The number of benzene rings is 4. The van der Waals surface area contributed by atoms with Crippen LogP contribution in [0.25, 0.3) is 21.8 Å². The van der Waals surface area contributed by atoms with Crippen LogP contribution in [0.3, 0.4) is 0 Å². The molecule has 1 aromatic heterocycles. The van der Waals surface area contributed by atoms with Crippen LogP contribution >= 0.6 is 0 Å². The smallest absolute Gasteiger partial charge is 0.254 e. The van der Waals surface area contributed by atoms with Gasteiger partial charge in [0, 0.05) is 53.4 Å². The van der Waals surface area contributed by atoms with Crippen LogP contribution in [0.1, 0.15) is 51.8 Å². The van der Waals surface area contributed by atoms with Crippen molar-refractivity contribution in [3.63, 3.8) is 0 Å². The van der Waals surface area contributed by atoms with E-state index in [1.165, 1.54) is 51.3 Å². The molecule has 5 aromatic rings. The van der Waals surface area contributed by atoms with Gasteiger partial charge in [-0.1, -0.05) is 72.8 Å². The number of carbonyl (C=O) groups excluding carboxylic acids is 1. The molecule has 1 saturated heterocycles. The van der Waals surface area contributed by atoms with Crippen LogP contribution in [0, 0.1) is 0 Å². The Kier molecular flexibility index (Phi) is 6.21. The maximum atomic E-state index is 14.2. The molecular formula is C35H35N3O. The molecular weight excluding hydrogens is 478 g/mol. The molecule has 4 nitrogen and oxygen atoms in total. The summed E-state index contributed by atoms with van der Waals surface area (Å²) in [5.74, 6) is 0.377. The van der Waals surface area contributed by atoms with E-state index in [2.05, 4.69) is 106 Å². The number of para-hydroxylation sites is 1. The quantitative estimate of drug-likeness (QED) is 0.246. The Balaban J connectivity index is 1.38. The van der Waals surface area contributed by atoms with Crippen molar-refractivity contribution in [1.82, 2.24) is 14.4 Å². The Labute approximate surface area is 230 Å². The molecule has 2 aliphatic heterocycles.